The Kier molecular flexibility index (Phi) is 6.24. The van der Waals surface area contributed by atoms with E-state index in [0.717, 1.165) is 0 Å². The van der Waals surface area contributed by atoms with Crippen molar-refractivity contribution in [3.05, 3.63) is 89.5 Å². The fourth-order valence-corrected chi connectivity index (χ4v) is 3.93. The summed E-state index contributed by atoms with van der Waals surface area (Å²) in [6, 6.07) is 26.5. The van der Waals surface area contributed by atoms with E-state index >= 15 is 0 Å². The Balaban J connectivity index is 2.35. The zero-order chi connectivity index (χ0) is 20.3. The lowest BCUT2D eigenvalue weighted by Gasteiger charge is -2.33. The van der Waals surface area contributed by atoms with Crippen LogP contribution in [-0.2, 0) is 0 Å². The van der Waals surface area contributed by atoms with Crippen molar-refractivity contribution in [1.29, 1.82) is 0 Å². The highest BCUT2D eigenvalue weighted by Gasteiger charge is 2.23. The minimum absolute atomic E-state index is 0.455. The van der Waals surface area contributed by atoms with Gasteiger partial charge in [0.15, 0.2) is 0 Å². The summed E-state index contributed by atoms with van der Waals surface area (Å²) in [7, 11) is 0. The normalized spacial score (nSPS) is 11.5. The monoisotopic (exact) mass is 371 g/mol. The molecule has 28 heavy (non-hydrogen) atoms. The van der Waals surface area contributed by atoms with Crippen molar-refractivity contribution in [1.82, 2.24) is 0 Å². The molecule has 0 N–H and O–H groups in total. The Morgan fingerprint density at radius 2 is 0.679 bits per heavy atom. The third kappa shape index (κ3) is 3.99. The first-order valence-electron chi connectivity index (χ1n) is 10.5. The van der Waals surface area contributed by atoms with Gasteiger partial charge in [-0.1, -0.05) is 96.1 Å². The number of rotatable bonds is 6. The molecule has 146 valence electrons. The lowest BCUT2D eigenvalue weighted by Crippen LogP contribution is -2.17. The van der Waals surface area contributed by atoms with Gasteiger partial charge in [0.1, 0.15) is 0 Å². The lowest BCUT2D eigenvalue weighted by molar-refractivity contribution is 0.844. The second-order valence-electron chi connectivity index (χ2n) is 8.48. The van der Waals surface area contributed by atoms with Crippen molar-refractivity contribution in [3.8, 4) is 0 Å². The molecule has 0 unspecified atom stereocenters. The van der Waals surface area contributed by atoms with Crippen LogP contribution < -0.4 is 4.90 Å². The van der Waals surface area contributed by atoms with E-state index in [4.69, 9.17) is 0 Å². The third-order valence-corrected chi connectivity index (χ3v) is 5.40. The molecule has 1 nitrogen and oxygen atoms in total. The van der Waals surface area contributed by atoms with Gasteiger partial charge in [-0.05, 0) is 52.6 Å². The second-order valence-corrected chi connectivity index (χ2v) is 8.48. The molecular weight excluding hydrogens is 338 g/mol. The molecule has 0 radical (unpaired) electrons. The smallest absolute Gasteiger partial charge is 0.0496 e. The summed E-state index contributed by atoms with van der Waals surface area (Å²) in [5.41, 5.74) is 7.95. The van der Waals surface area contributed by atoms with E-state index in [1.807, 2.05) is 0 Å². The molecule has 0 fully saturated rings. The first-order valence-corrected chi connectivity index (χ1v) is 10.5. The molecule has 0 heterocycles. The van der Waals surface area contributed by atoms with Crippen molar-refractivity contribution >= 4 is 17.1 Å². The van der Waals surface area contributed by atoms with Crippen LogP contribution in [-0.4, -0.2) is 0 Å². The van der Waals surface area contributed by atoms with Crippen LogP contribution in [0.1, 0.15) is 76.0 Å². The Morgan fingerprint density at radius 1 is 0.429 bits per heavy atom. The molecule has 0 atom stereocenters. The van der Waals surface area contributed by atoms with E-state index in [-0.39, 0.29) is 0 Å². The van der Waals surface area contributed by atoms with Crippen LogP contribution in [0.4, 0.5) is 17.1 Å². The maximum atomic E-state index is 2.49. The summed E-state index contributed by atoms with van der Waals surface area (Å²) in [6.45, 7) is 13.7. The highest BCUT2D eigenvalue weighted by atomic mass is 15.1. The van der Waals surface area contributed by atoms with Crippen LogP contribution >= 0.6 is 0 Å². The molecule has 0 aliphatic carbocycles. The van der Waals surface area contributed by atoms with Gasteiger partial charge in [-0.25, -0.2) is 0 Å². The summed E-state index contributed by atoms with van der Waals surface area (Å²) < 4.78 is 0. The standard InChI is InChI=1S/C27H33N/c1-19(2)22-13-7-10-16-25(22)28(26-17-11-8-14-23(26)20(3)4)27-18-12-9-15-24(27)21(5)6/h7-21H,1-6H3. The second kappa shape index (κ2) is 8.65. The summed E-state index contributed by atoms with van der Waals surface area (Å²) in [5.74, 6) is 1.36. The number of hydrogen-bond donors (Lipinski definition) is 0. The van der Waals surface area contributed by atoms with E-state index in [1.165, 1.54) is 33.8 Å². The number of nitrogens with zero attached hydrogens (tertiary/aromatic N) is 1. The average molecular weight is 372 g/mol. The summed E-state index contributed by atoms with van der Waals surface area (Å²) >= 11 is 0. The largest absolute Gasteiger partial charge is 0.310 e. The van der Waals surface area contributed by atoms with E-state index in [9.17, 15) is 0 Å². The van der Waals surface area contributed by atoms with Gasteiger partial charge in [-0.2, -0.15) is 0 Å². The Bertz CT molecular complexity index is 798. The van der Waals surface area contributed by atoms with E-state index < -0.39 is 0 Å². The molecule has 0 spiro atoms. The lowest BCUT2D eigenvalue weighted by atomic mass is 9.94. The van der Waals surface area contributed by atoms with Gasteiger partial charge < -0.3 is 4.90 Å². The molecule has 3 aromatic carbocycles. The number of para-hydroxylation sites is 3. The van der Waals surface area contributed by atoms with Crippen molar-refractivity contribution < 1.29 is 0 Å². The highest BCUT2D eigenvalue weighted by molar-refractivity contribution is 5.82. The average Bonchev–Trinajstić information content (AvgIpc) is 2.69. The van der Waals surface area contributed by atoms with Crippen LogP contribution in [0, 0.1) is 0 Å². The van der Waals surface area contributed by atoms with Crippen LogP contribution in [0.3, 0.4) is 0 Å². The first kappa shape index (κ1) is 20.2. The Hall–Kier alpha value is -2.54. The minimum atomic E-state index is 0.455. The SMILES string of the molecule is CC(C)c1ccccc1N(c1ccccc1C(C)C)c1ccccc1C(C)C. The van der Waals surface area contributed by atoms with Crippen molar-refractivity contribution in [3.63, 3.8) is 0 Å². The Morgan fingerprint density at radius 3 is 0.929 bits per heavy atom. The molecule has 3 rings (SSSR count). The topological polar surface area (TPSA) is 3.24 Å². The molecule has 0 saturated carbocycles. The third-order valence-electron chi connectivity index (χ3n) is 5.40. The van der Waals surface area contributed by atoms with Crippen LogP contribution in [0.5, 0.6) is 0 Å². The fraction of sp³-hybridized carbons (Fsp3) is 0.333. The van der Waals surface area contributed by atoms with E-state index in [0.29, 0.717) is 17.8 Å². The van der Waals surface area contributed by atoms with Gasteiger partial charge in [0.2, 0.25) is 0 Å². The summed E-state index contributed by atoms with van der Waals surface area (Å²) in [5, 5.41) is 0. The molecule has 0 bridgehead atoms. The van der Waals surface area contributed by atoms with E-state index in [2.05, 4.69) is 119 Å². The molecule has 0 aliphatic heterocycles. The maximum Gasteiger partial charge on any atom is 0.0496 e. The zero-order valence-electron chi connectivity index (χ0n) is 18.1. The zero-order valence-corrected chi connectivity index (χ0v) is 18.1. The Labute approximate surface area is 171 Å². The predicted octanol–water partition coefficient (Wildman–Crippen LogP) is 8.53. The fourth-order valence-electron chi connectivity index (χ4n) is 3.93. The molecule has 0 aliphatic rings. The summed E-state index contributed by atoms with van der Waals surface area (Å²) in [6.07, 6.45) is 0. The van der Waals surface area contributed by atoms with Crippen molar-refractivity contribution in [2.24, 2.45) is 0 Å². The van der Waals surface area contributed by atoms with Crippen molar-refractivity contribution in [2.45, 2.75) is 59.3 Å². The first-order chi connectivity index (χ1) is 13.4. The van der Waals surface area contributed by atoms with Crippen molar-refractivity contribution in [2.75, 3.05) is 4.90 Å². The molecule has 0 aromatic heterocycles. The molecule has 3 aromatic rings. The van der Waals surface area contributed by atoms with Gasteiger partial charge in [-0.15, -0.1) is 0 Å². The van der Waals surface area contributed by atoms with Gasteiger partial charge in [0.05, 0.1) is 0 Å². The quantitative estimate of drug-likeness (QED) is 0.419. The van der Waals surface area contributed by atoms with Crippen LogP contribution in [0.25, 0.3) is 0 Å². The van der Waals surface area contributed by atoms with Gasteiger partial charge in [0.25, 0.3) is 0 Å². The molecular formula is C27H33N. The summed E-state index contributed by atoms with van der Waals surface area (Å²) in [4.78, 5) is 2.49. The van der Waals surface area contributed by atoms with Gasteiger partial charge >= 0.3 is 0 Å². The highest BCUT2D eigenvalue weighted by Crippen LogP contribution is 2.44. The van der Waals surface area contributed by atoms with Crippen LogP contribution in [0.15, 0.2) is 72.8 Å². The van der Waals surface area contributed by atoms with E-state index in [1.54, 1.807) is 0 Å². The predicted molar refractivity (Wildman–Crippen MR) is 123 cm³/mol. The number of hydrogen-bond acceptors (Lipinski definition) is 1. The van der Waals surface area contributed by atoms with Gasteiger partial charge in [0, 0.05) is 17.1 Å². The van der Waals surface area contributed by atoms with Crippen LogP contribution in [0.2, 0.25) is 0 Å². The number of benzene rings is 3. The molecule has 1 heteroatoms. The van der Waals surface area contributed by atoms with Gasteiger partial charge in [-0.3, -0.25) is 0 Å². The molecule has 0 saturated heterocycles. The minimum Gasteiger partial charge on any atom is -0.310 e. The number of anilines is 3. The maximum absolute atomic E-state index is 2.49. The molecule has 0 amide bonds.